The number of hydrogen-bond acceptors (Lipinski definition) is 3. The fourth-order valence-corrected chi connectivity index (χ4v) is 4.17. The van der Waals surface area contributed by atoms with Gasteiger partial charge in [0.2, 0.25) is 0 Å². The summed E-state index contributed by atoms with van der Waals surface area (Å²) in [7, 11) is 0. The summed E-state index contributed by atoms with van der Waals surface area (Å²) in [5.74, 6) is 0.344. The number of nitrogens with one attached hydrogen (secondary N) is 1. The molecule has 146 valence electrons. The second kappa shape index (κ2) is 6.79. The van der Waals surface area contributed by atoms with E-state index in [0.29, 0.717) is 22.5 Å². The van der Waals surface area contributed by atoms with Crippen molar-refractivity contribution in [3.05, 3.63) is 58.6 Å². The molecule has 1 heterocycles. The van der Waals surface area contributed by atoms with E-state index in [9.17, 15) is 31.4 Å². The summed E-state index contributed by atoms with van der Waals surface area (Å²) in [6, 6.07) is 9.19. The van der Waals surface area contributed by atoms with Crippen LogP contribution in [0.25, 0.3) is 0 Å². The van der Waals surface area contributed by atoms with Crippen LogP contribution in [0.2, 0.25) is 5.02 Å². The van der Waals surface area contributed by atoms with Crippen molar-refractivity contribution < 1.29 is 31.4 Å². The normalized spacial score (nSPS) is 18.0. The molecule has 0 saturated carbocycles. The van der Waals surface area contributed by atoms with Gasteiger partial charge in [0, 0.05) is 26.9 Å². The molecule has 2 aromatic carbocycles. The van der Waals surface area contributed by atoms with E-state index in [1.165, 1.54) is 0 Å². The fraction of sp³-hybridized carbons (Fsp3) is 0.294. The molecule has 10 heteroatoms. The minimum absolute atomic E-state index is 0.183. The van der Waals surface area contributed by atoms with Crippen molar-refractivity contribution in [1.29, 1.82) is 0 Å². The van der Waals surface area contributed by atoms with Crippen LogP contribution in [0.5, 0.6) is 0 Å². The molecule has 2 nitrogen and oxygen atoms in total. The van der Waals surface area contributed by atoms with Crippen molar-refractivity contribution >= 4 is 29.1 Å². The molecule has 1 aliphatic rings. The molecular weight excluding hydrogens is 416 g/mol. The van der Waals surface area contributed by atoms with Gasteiger partial charge in [-0.15, -0.1) is 11.8 Å². The van der Waals surface area contributed by atoms with Gasteiger partial charge in [-0.05, 0) is 23.8 Å². The predicted octanol–water partition coefficient (Wildman–Crippen LogP) is 5.91. The summed E-state index contributed by atoms with van der Waals surface area (Å²) in [6.45, 7) is 0. The lowest BCUT2D eigenvalue weighted by Crippen LogP contribution is -2.53. The molecule has 1 aliphatic heterocycles. The van der Waals surface area contributed by atoms with E-state index in [0.717, 1.165) is 29.5 Å². The summed E-state index contributed by atoms with van der Waals surface area (Å²) in [5, 5.41) is 13.1. The first-order valence-electron chi connectivity index (χ1n) is 7.59. The molecule has 27 heavy (non-hydrogen) atoms. The molecule has 3 rings (SSSR count). The number of halogens is 7. The van der Waals surface area contributed by atoms with Gasteiger partial charge in [-0.25, -0.2) is 0 Å². The van der Waals surface area contributed by atoms with Gasteiger partial charge in [-0.3, -0.25) is 0 Å². The van der Waals surface area contributed by atoms with Crippen LogP contribution in [0.15, 0.2) is 47.4 Å². The van der Waals surface area contributed by atoms with E-state index in [2.05, 4.69) is 5.32 Å². The van der Waals surface area contributed by atoms with Crippen molar-refractivity contribution in [2.24, 2.45) is 0 Å². The van der Waals surface area contributed by atoms with Crippen LogP contribution in [0.1, 0.15) is 17.2 Å². The Balaban J connectivity index is 1.97. The Morgan fingerprint density at radius 2 is 1.63 bits per heavy atom. The predicted molar refractivity (Wildman–Crippen MR) is 91.0 cm³/mol. The standard InChI is InChI=1S/C17H12ClF6NOS/c18-11-4-2-1-3-10(11)13-8-27-14-7-9(5-6-12(14)25-13)15(26,16(19,20)21)17(22,23)24/h1-7,13,25-26H,8H2. The number of aliphatic hydroxyl groups is 1. The van der Waals surface area contributed by atoms with Gasteiger partial charge in [-0.1, -0.05) is 35.9 Å². The maximum absolute atomic E-state index is 13.0. The van der Waals surface area contributed by atoms with E-state index in [1.54, 1.807) is 24.3 Å². The van der Waals surface area contributed by atoms with E-state index < -0.39 is 23.5 Å². The quantitative estimate of drug-likeness (QED) is 0.584. The molecule has 2 aromatic rings. The molecule has 0 aliphatic carbocycles. The van der Waals surface area contributed by atoms with Crippen molar-refractivity contribution in [2.45, 2.75) is 28.9 Å². The lowest BCUT2D eigenvalue weighted by Gasteiger charge is -2.34. The molecule has 0 saturated heterocycles. The third-order valence-electron chi connectivity index (χ3n) is 4.24. The summed E-state index contributed by atoms with van der Waals surface area (Å²) < 4.78 is 78.2. The summed E-state index contributed by atoms with van der Waals surface area (Å²) in [6.07, 6.45) is -11.8. The topological polar surface area (TPSA) is 32.3 Å². The maximum atomic E-state index is 13.0. The highest BCUT2D eigenvalue weighted by Crippen LogP contribution is 2.51. The van der Waals surface area contributed by atoms with E-state index in [1.807, 2.05) is 0 Å². The minimum atomic E-state index is -5.91. The average molecular weight is 428 g/mol. The molecular formula is C17H12ClF6NOS. The van der Waals surface area contributed by atoms with Crippen LogP contribution < -0.4 is 5.32 Å². The Morgan fingerprint density at radius 1 is 1.00 bits per heavy atom. The Kier molecular flexibility index (Phi) is 5.07. The first-order valence-corrected chi connectivity index (χ1v) is 8.95. The Labute approximate surface area is 159 Å². The first kappa shape index (κ1) is 20.2. The number of alkyl halides is 6. The average Bonchev–Trinajstić information content (AvgIpc) is 2.58. The summed E-state index contributed by atoms with van der Waals surface area (Å²) >= 11 is 7.22. The van der Waals surface area contributed by atoms with Gasteiger partial charge in [0.05, 0.1) is 6.04 Å². The van der Waals surface area contributed by atoms with Crippen LogP contribution in [0.4, 0.5) is 32.0 Å². The fourth-order valence-electron chi connectivity index (χ4n) is 2.80. The highest BCUT2D eigenvalue weighted by Gasteiger charge is 2.71. The molecule has 1 atom stereocenters. The van der Waals surface area contributed by atoms with Crippen molar-refractivity contribution in [2.75, 3.05) is 11.1 Å². The lowest BCUT2D eigenvalue weighted by atomic mass is 9.92. The Morgan fingerprint density at radius 3 is 2.22 bits per heavy atom. The molecule has 2 N–H and O–H groups in total. The third-order valence-corrected chi connectivity index (χ3v) is 5.73. The van der Waals surface area contributed by atoms with Gasteiger partial charge >= 0.3 is 12.4 Å². The summed E-state index contributed by atoms with van der Waals surface area (Å²) in [4.78, 5) is 0.183. The smallest absolute Gasteiger partial charge is 0.376 e. The molecule has 0 fully saturated rings. The second-order valence-electron chi connectivity index (χ2n) is 5.95. The first-order chi connectivity index (χ1) is 12.4. The van der Waals surface area contributed by atoms with Gasteiger partial charge < -0.3 is 10.4 Å². The van der Waals surface area contributed by atoms with Crippen molar-refractivity contribution in [1.82, 2.24) is 0 Å². The number of rotatable bonds is 2. The number of anilines is 1. The van der Waals surface area contributed by atoms with Crippen LogP contribution in [-0.2, 0) is 5.60 Å². The Bertz CT molecular complexity index is 840. The second-order valence-corrected chi connectivity index (χ2v) is 7.42. The number of hydrogen-bond donors (Lipinski definition) is 2. The van der Waals surface area contributed by atoms with Crippen molar-refractivity contribution in [3.8, 4) is 0 Å². The van der Waals surface area contributed by atoms with Gasteiger partial charge in [-0.2, -0.15) is 26.3 Å². The zero-order chi connectivity index (χ0) is 20.0. The van der Waals surface area contributed by atoms with Crippen molar-refractivity contribution in [3.63, 3.8) is 0 Å². The molecule has 1 unspecified atom stereocenters. The maximum Gasteiger partial charge on any atom is 0.430 e. The monoisotopic (exact) mass is 427 g/mol. The third kappa shape index (κ3) is 3.48. The van der Waals surface area contributed by atoms with Crippen LogP contribution in [0.3, 0.4) is 0 Å². The number of benzene rings is 2. The number of fused-ring (bicyclic) bond motifs is 1. The van der Waals surface area contributed by atoms with E-state index in [-0.39, 0.29) is 10.9 Å². The van der Waals surface area contributed by atoms with E-state index >= 15 is 0 Å². The van der Waals surface area contributed by atoms with E-state index in [4.69, 9.17) is 11.6 Å². The SMILES string of the molecule is OC(c1ccc2c(c1)SCC(c1ccccc1Cl)N2)(C(F)(F)F)C(F)(F)F. The summed E-state index contributed by atoms with van der Waals surface area (Å²) in [5.41, 5.74) is -5.07. The highest BCUT2D eigenvalue weighted by molar-refractivity contribution is 7.99. The molecule has 0 radical (unpaired) electrons. The molecule has 0 amide bonds. The number of thioether (sulfide) groups is 1. The molecule has 0 spiro atoms. The van der Waals surface area contributed by atoms with Crippen LogP contribution >= 0.6 is 23.4 Å². The zero-order valence-electron chi connectivity index (χ0n) is 13.3. The van der Waals surface area contributed by atoms with Crippen LogP contribution in [0, 0.1) is 0 Å². The van der Waals surface area contributed by atoms with Gasteiger partial charge in [0.15, 0.2) is 0 Å². The highest BCUT2D eigenvalue weighted by atomic mass is 35.5. The Hall–Kier alpha value is -1.58. The zero-order valence-corrected chi connectivity index (χ0v) is 14.9. The largest absolute Gasteiger partial charge is 0.430 e. The minimum Gasteiger partial charge on any atom is -0.376 e. The lowest BCUT2D eigenvalue weighted by molar-refractivity contribution is -0.376. The molecule has 0 aromatic heterocycles. The molecule has 0 bridgehead atoms. The van der Waals surface area contributed by atoms with Gasteiger partial charge in [0.25, 0.3) is 5.60 Å². The van der Waals surface area contributed by atoms with Crippen LogP contribution in [-0.4, -0.2) is 23.2 Å². The van der Waals surface area contributed by atoms with Gasteiger partial charge in [0.1, 0.15) is 0 Å².